The first-order chi connectivity index (χ1) is 8.65. The highest BCUT2D eigenvalue weighted by atomic mass is 32.2. The van der Waals surface area contributed by atoms with Crippen molar-refractivity contribution in [2.75, 3.05) is 31.3 Å². The van der Waals surface area contributed by atoms with Gasteiger partial charge in [-0.25, -0.2) is 0 Å². The van der Waals surface area contributed by atoms with E-state index in [0.717, 1.165) is 19.4 Å². The number of hydrogen-bond acceptors (Lipinski definition) is 4. The molecule has 1 N–H and O–H groups in total. The van der Waals surface area contributed by atoms with Gasteiger partial charge in [0.05, 0.1) is 17.7 Å². The lowest BCUT2D eigenvalue weighted by molar-refractivity contribution is -0.137. The molecule has 1 aliphatic carbocycles. The third-order valence-electron chi connectivity index (χ3n) is 4.32. The fourth-order valence-electron chi connectivity index (χ4n) is 3.24. The van der Waals surface area contributed by atoms with E-state index in [9.17, 15) is 14.7 Å². The molecule has 2 aliphatic heterocycles. The Morgan fingerprint density at radius 2 is 2.22 bits per heavy atom. The summed E-state index contributed by atoms with van der Waals surface area (Å²) >= 11 is 1.56. The van der Waals surface area contributed by atoms with Crippen molar-refractivity contribution in [2.24, 2.45) is 11.8 Å². The summed E-state index contributed by atoms with van der Waals surface area (Å²) in [7, 11) is 0. The van der Waals surface area contributed by atoms with Gasteiger partial charge in [-0.3, -0.25) is 9.59 Å². The van der Waals surface area contributed by atoms with Crippen molar-refractivity contribution in [2.45, 2.75) is 18.9 Å². The summed E-state index contributed by atoms with van der Waals surface area (Å²) in [5, 5.41) is 9.82. The van der Waals surface area contributed by atoms with Crippen LogP contribution in [0.15, 0.2) is 0 Å². The highest BCUT2D eigenvalue weighted by Crippen LogP contribution is 2.38. The first kappa shape index (κ1) is 12.3. The van der Waals surface area contributed by atoms with Gasteiger partial charge in [-0.2, -0.15) is 0 Å². The van der Waals surface area contributed by atoms with E-state index in [1.54, 1.807) is 16.7 Å². The number of fused-ring (bicyclic) bond motifs is 1. The number of carbonyl (C=O) groups excluding carboxylic acids is 2. The zero-order chi connectivity index (χ0) is 12.7. The summed E-state index contributed by atoms with van der Waals surface area (Å²) in [5.41, 5.74) is 0. The Balaban J connectivity index is 1.56. The Kier molecular flexibility index (Phi) is 3.23. The van der Waals surface area contributed by atoms with Crippen molar-refractivity contribution in [1.29, 1.82) is 0 Å². The van der Waals surface area contributed by atoms with Crippen molar-refractivity contribution in [3.05, 3.63) is 0 Å². The Bertz CT molecular complexity index is 376. The molecule has 0 radical (unpaired) electrons. The van der Waals surface area contributed by atoms with Crippen LogP contribution in [0.2, 0.25) is 0 Å². The maximum atomic E-state index is 12.1. The average Bonchev–Trinajstić information content (AvgIpc) is 2.99. The van der Waals surface area contributed by atoms with E-state index < -0.39 is 0 Å². The van der Waals surface area contributed by atoms with Crippen LogP contribution in [0, 0.1) is 11.8 Å². The summed E-state index contributed by atoms with van der Waals surface area (Å²) in [6, 6.07) is 0. The fraction of sp³-hybridized carbons (Fsp3) is 0.833. The van der Waals surface area contributed by atoms with Crippen molar-refractivity contribution in [1.82, 2.24) is 9.80 Å². The molecule has 0 spiro atoms. The number of nitrogens with zero attached hydrogens (tertiary/aromatic N) is 2. The van der Waals surface area contributed by atoms with Crippen LogP contribution in [0.3, 0.4) is 0 Å². The van der Waals surface area contributed by atoms with Crippen LogP contribution >= 0.6 is 11.8 Å². The highest BCUT2D eigenvalue weighted by Gasteiger charge is 2.43. The molecule has 0 aromatic rings. The van der Waals surface area contributed by atoms with E-state index in [2.05, 4.69) is 0 Å². The van der Waals surface area contributed by atoms with Gasteiger partial charge in [-0.1, -0.05) is 0 Å². The van der Waals surface area contributed by atoms with Crippen LogP contribution in [0.5, 0.6) is 0 Å². The van der Waals surface area contributed by atoms with Crippen LogP contribution in [0.25, 0.3) is 0 Å². The molecular weight excluding hydrogens is 252 g/mol. The van der Waals surface area contributed by atoms with Crippen molar-refractivity contribution < 1.29 is 14.7 Å². The molecule has 3 rings (SSSR count). The second-order valence-corrected chi connectivity index (χ2v) is 6.39. The van der Waals surface area contributed by atoms with Gasteiger partial charge in [0.15, 0.2) is 0 Å². The van der Waals surface area contributed by atoms with E-state index in [1.165, 1.54) is 0 Å². The first-order valence-electron chi connectivity index (χ1n) is 6.46. The first-order valence-corrected chi connectivity index (χ1v) is 7.62. The number of aliphatic hydroxyl groups excluding tert-OH is 1. The molecule has 2 heterocycles. The summed E-state index contributed by atoms with van der Waals surface area (Å²) in [4.78, 5) is 27.0. The number of hydrogen-bond donors (Lipinski definition) is 1. The number of aliphatic hydroxyl groups is 1. The van der Waals surface area contributed by atoms with Crippen LogP contribution in [0.1, 0.15) is 12.8 Å². The molecule has 3 unspecified atom stereocenters. The molecule has 1 saturated carbocycles. The van der Waals surface area contributed by atoms with Crippen LogP contribution in [0.4, 0.5) is 0 Å². The van der Waals surface area contributed by atoms with E-state index in [0.29, 0.717) is 24.1 Å². The van der Waals surface area contributed by atoms with Crippen molar-refractivity contribution in [3.8, 4) is 0 Å². The smallest absolute Gasteiger partial charge is 0.242 e. The number of thioether (sulfide) groups is 1. The molecule has 0 aromatic heterocycles. The van der Waals surface area contributed by atoms with E-state index in [1.807, 2.05) is 4.90 Å². The molecule has 0 bridgehead atoms. The number of amides is 2. The van der Waals surface area contributed by atoms with Crippen LogP contribution < -0.4 is 0 Å². The minimum Gasteiger partial charge on any atom is -0.393 e. The van der Waals surface area contributed by atoms with Gasteiger partial charge in [0.25, 0.3) is 0 Å². The van der Waals surface area contributed by atoms with Gasteiger partial charge in [0.1, 0.15) is 6.54 Å². The lowest BCUT2D eigenvalue weighted by Crippen LogP contribution is -2.40. The second kappa shape index (κ2) is 4.74. The molecule has 2 amide bonds. The maximum absolute atomic E-state index is 12.1. The van der Waals surface area contributed by atoms with Crippen LogP contribution in [-0.4, -0.2) is 64.1 Å². The Morgan fingerprint density at radius 1 is 1.39 bits per heavy atom. The van der Waals surface area contributed by atoms with Crippen molar-refractivity contribution in [3.63, 3.8) is 0 Å². The largest absolute Gasteiger partial charge is 0.393 e. The molecular formula is C12H18N2O3S. The van der Waals surface area contributed by atoms with Crippen LogP contribution in [-0.2, 0) is 9.59 Å². The van der Waals surface area contributed by atoms with E-state index >= 15 is 0 Å². The Morgan fingerprint density at radius 3 is 2.89 bits per heavy atom. The Hall–Kier alpha value is -0.750. The molecule has 6 heteroatoms. The molecule has 18 heavy (non-hydrogen) atoms. The second-order valence-electron chi connectivity index (χ2n) is 5.44. The summed E-state index contributed by atoms with van der Waals surface area (Å²) < 4.78 is 0. The fourth-order valence-corrected chi connectivity index (χ4v) is 4.15. The van der Waals surface area contributed by atoms with Gasteiger partial charge < -0.3 is 14.9 Å². The third kappa shape index (κ3) is 2.12. The maximum Gasteiger partial charge on any atom is 0.242 e. The number of carbonyl (C=O) groups is 2. The molecule has 2 saturated heterocycles. The predicted molar refractivity (Wildman–Crippen MR) is 67.8 cm³/mol. The lowest BCUT2D eigenvalue weighted by atomic mass is 10.00. The molecule has 100 valence electrons. The van der Waals surface area contributed by atoms with Gasteiger partial charge in [-0.15, -0.1) is 11.8 Å². The normalized spacial score (nSPS) is 35.4. The quantitative estimate of drug-likeness (QED) is 0.751. The third-order valence-corrected chi connectivity index (χ3v) is 5.27. The molecule has 3 fully saturated rings. The molecule has 3 atom stereocenters. The van der Waals surface area contributed by atoms with Crippen molar-refractivity contribution >= 4 is 23.6 Å². The van der Waals surface area contributed by atoms with Gasteiger partial charge >= 0.3 is 0 Å². The zero-order valence-electron chi connectivity index (χ0n) is 10.2. The van der Waals surface area contributed by atoms with E-state index in [-0.39, 0.29) is 30.4 Å². The zero-order valence-corrected chi connectivity index (χ0v) is 11.1. The monoisotopic (exact) mass is 270 g/mol. The van der Waals surface area contributed by atoms with Gasteiger partial charge in [0.2, 0.25) is 11.8 Å². The topological polar surface area (TPSA) is 60.9 Å². The summed E-state index contributed by atoms with van der Waals surface area (Å²) in [6.45, 7) is 1.64. The van der Waals surface area contributed by atoms with Gasteiger partial charge in [0, 0.05) is 19.0 Å². The summed E-state index contributed by atoms with van der Waals surface area (Å²) in [6.07, 6.45) is 1.66. The highest BCUT2D eigenvalue weighted by molar-refractivity contribution is 8.00. The molecule has 0 aromatic carbocycles. The Labute approximate surface area is 110 Å². The predicted octanol–water partition coefficient (Wildman–Crippen LogP) is -0.251. The minimum absolute atomic E-state index is 0.0347. The van der Waals surface area contributed by atoms with Gasteiger partial charge in [-0.05, 0) is 18.8 Å². The number of likely N-dealkylation sites (tertiary alicyclic amines) is 1. The van der Waals surface area contributed by atoms with E-state index in [4.69, 9.17) is 0 Å². The molecule has 3 aliphatic rings. The lowest BCUT2D eigenvalue weighted by Gasteiger charge is -2.22. The number of rotatable bonds is 2. The average molecular weight is 270 g/mol. The minimum atomic E-state index is -0.239. The molecule has 5 nitrogen and oxygen atoms in total. The standard InChI is InChI=1S/C12H18N2O3S/c15-10-2-1-8-3-13(4-9(8)10)11(16)5-14-7-18-6-12(14)17/h8-10,15H,1-7H2. The summed E-state index contributed by atoms with van der Waals surface area (Å²) in [5.74, 6) is 1.95. The SMILES string of the molecule is O=C1CSCN1CC(=O)N1CC2CCC(O)C2C1.